The predicted octanol–water partition coefficient (Wildman–Crippen LogP) is 4.33. The third-order valence-corrected chi connectivity index (χ3v) is 6.41. The molecule has 1 saturated heterocycles. The van der Waals surface area contributed by atoms with Gasteiger partial charge in [0.05, 0.1) is 41.9 Å². The third-order valence-electron chi connectivity index (χ3n) is 6.10. The van der Waals surface area contributed by atoms with Gasteiger partial charge < -0.3 is 9.80 Å². The molecule has 2 aromatic heterocycles. The van der Waals surface area contributed by atoms with Gasteiger partial charge >= 0.3 is 6.18 Å². The highest BCUT2D eigenvalue weighted by Crippen LogP contribution is 2.39. The first-order valence-electron chi connectivity index (χ1n) is 10.5. The summed E-state index contributed by atoms with van der Waals surface area (Å²) in [5.74, 6) is 0.345. The number of hydrogen-bond donors (Lipinski definition) is 0. The second kappa shape index (κ2) is 8.05. The van der Waals surface area contributed by atoms with E-state index in [2.05, 4.69) is 15.0 Å². The molecule has 2 aliphatic heterocycles. The Morgan fingerprint density at radius 1 is 1.09 bits per heavy atom. The van der Waals surface area contributed by atoms with Gasteiger partial charge in [0.15, 0.2) is 5.54 Å². The van der Waals surface area contributed by atoms with Crippen molar-refractivity contribution in [3.05, 3.63) is 59.5 Å². The highest BCUT2D eigenvalue weighted by Gasteiger charge is 2.55. The van der Waals surface area contributed by atoms with Crippen molar-refractivity contribution >= 4 is 29.7 Å². The molecular formula is C23H18ClF3N6O. The Bertz CT molecular complexity index is 1290. The SMILES string of the molecule is CCN1C=NC(=O)C12CN(c1cnc(-c3ccc(C(F)(F)F)cc3)c(-c3ccncc3Cl)n1)C2. The smallest absolute Gasteiger partial charge is 0.349 e. The van der Waals surface area contributed by atoms with Crippen LogP contribution in [0, 0.1) is 0 Å². The van der Waals surface area contributed by atoms with Gasteiger partial charge in [0.2, 0.25) is 0 Å². The zero-order chi connectivity index (χ0) is 24.1. The molecule has 7 nitrogen and oxygen atoms in total. The summed E-state index contributed by atoms with van der Waals surface area (Å²) in [6.07, 6.45) is 1.70. The topological polar surface area (TPSA) is 74.6 Å². The number of carbonyl (C=O) groups excluding carboxylic acids is 1. The van der Waals surface area contributed by atoms with Crippen molar-refractivity contribution in [1.82, 2.24) is 19.9 Å². The zero-order valence-corrected chi connectivity index (χ0v) is 18.7. The number of likely N-dealkylation sites (N-methyl/N-ethyl adjacent to an activating group) is 1. The normalized spacial score (nSPS) is 16.9. The standard InChI is InChI=1S/C23H18ClF3N6O/c1-2-33-13-30-21(34)22(33)11-32(12-22)18-10-29-19(14-3-5-15(6-4-14)23(25,26)27)20(31-18)16-7-8-28-9-17(16)24/h3-10,13H,2,11-12H2,1H3. The molecule has 4 heterocycles. The lowest BCUT2D eigenvalue weighted by Gasteiger charge is -2.50. The fraction of sp³-hybridized carbons (Fsp3) is 0.261. The van der Waals surface area contributed by atoms with E-state index >= 15 is 0 Å². The number of anilines is 1. The van der Waals surface area contributed by atoms with Crippen LogP contribution in [0.1, 0.15) is 12.5 Å². The Balaban J connectivity index is 1.53. The number of hydrogen-bond acceptors (Lipinski definition) is 6. The van der Waals surface area contributed by atoms with Crippen LogP contribution in [0.2, 0.25) is 5.02 Å². The lowest BCUT2D eigenvalue weighted by Crippen LogP contribution is -2.71. The number of aromatic nitrogens is 3. The highest BCUT2D eigenvalue weighted by molar-refractivity contribution is 6.33. The number of rotatable bonds is 4. The maximum atomic E-state index is 13.0. The van der Waals surface area contributed by atoms with Gasteiger partial charge in [-0.05, 0) is 25.1 Å². The van der Waals surface area contributed by atoms with Crippen LogP contribution >= 0.6 is 11.6 Å². The summed E-state index contributed by atoms with van der Waals surface area (Å²) >= 11 is 6.38. The lowest BCUT2D eigenvalue weighted by molar-refractivity contribution is -0.137. The van der Waals surface area contributed by atoms with Gasteiger partial charge in [-0.3, -0.25) is 14.8 Å². The number of aliphatic imine (C=N–C) groups is 1. The van der Waals surface area contributed by atoms with Crippen LogP contribution in [-0.2, 0) is 11.0 Å². The van der Waals surface area contributed by atoms with Gasteiger partial charge in [0, 0.05) is 30.1 Å². The van der Waals surface area contributed by atoms with E-state index in [0.717, 1.165) is 12.1 Å². The first kappa shape index (κ1) is 22.3. The van der Waals surface area contributed by atoms with Crippen molar-refractivity contribution in [3.8, 4) is 22.5 Å². The second-order valence-electron chi connectivity index (χ2n) is 8.08. The molecule has 0 radical (unpaired) electrons. The Hall–Kier alpha value is -3.53. The number of benzene rings is 1. The van der Waals surface area contributed by atoms with Gasteiger partial charge in [-0.15, -0.1) is 0 Å². The van der Waals surface area contributed by atoms with Gasteiger partial charge in [0.25, 0.3) is 5.91 Å². The number of carbonyl (C=O) groups is 1. The average molecular weight is 487 g/mol. The second-order valence-corrected chi connectivity index (χ2v) is 8.49. The average Bonchev–Trinajstić information content (AvgIpc) is 3.14. The molecule has 0 bridgehead atoms. The number of alkyl halides is 3. The molecule has 11 heteroatoms. The van der Waals surface area contributed by atoms with Crippen molar-refractivity contribution in [3.63, 3.8) is 0 Å². The minimum atomic E-state index is -4.44. The van der Waals surface area contributed by atoms with E-state index in [9.17, 15) is 18.0 Å². The largest absolute Gasteiger partial charge is 0.416 e. The van der Waals surface area contributed by atoms with Crippen molar-refractivity contribution in [1.29, 1.82) is 0 Å². The minimum Gasteiger partial charge on any atom is -0.349 e. The maximum absolute atomic E-state index is 13.0. The predicted molar refractivity (Wildman–Crippen MR) is 122 cm³/mol. The first-order chi connectivity index (χ1) is 16.2. The van der Waals surface area contributed by atoms with Gasteiger partial charge in [-0.2, -0.15) is 13.2 Å². The van der Waals surface area contributed by atoms with Crippen molar-refractivity contribution < 1.29 is 18.0 Å². The quantitative estimate of drug-likeness (QED) is 0.546. The molecule has 5 rings (SSSR count). The number of amides is 1. The zero-order valence-electron chi connectivity index (χ0n) is 17.9. The van der Waals surface area contributed by atoms with E-state index in [1.54, 1.807) is 24.8 Å². The van der Waals surface area contributed by atoms with Crippen LogP contribution < -0.4 is 4.90 Å². The molecule has 0 aliphatic carbocycles. The Kier molecular flexibility index (Phi) is 5.27. The lowest BCUT2D eigenvalue weighted by atomic mass is 9.88. The molecule has 0 unspecified atom stereocenters. The van der Waals surface area contributed by atoms with Gasteiger partial charge in [0.1, 0.15) is 11.5 Å². The third kappa shape index (κ3) is 3.58. The van der Waals surface area contributed by atoms with Crippen LogP contribution in [0.5, 0.6) is 0 Å². The molecule has 0 atom stereocenters. The molecule has 3 aromatic rings. The van der Waals surface area contributed by atoms with Gasteiger partial charge in [-0.25, -0.2) is 9.98 Å². The molecule has 1 aromatic carbocycles. The van der Waals surface area contributed by atoms with E-state index in [4.69, 9.17) is 16.6 Å². The molecule has 1 spiro atoms. The van der Waals surface area contributed by atoms with Crippen molar-refractivity contribution in [2.75, 3.05) is 24.5 Å². The summed E-state index contributed by atoms with van der Waals surface area (Å²) in [5, 5.41) is 0.332. The minimum absolute atomic E-state index is 0.183. The number of pyridine rings is 1. The summed E-state index contributed by atoms with van der Waals surface area (Å²) in [5.41, 5.74) is 0.359. The highest BCUT2D eigenvalue weighted by atomic mass is 35.5. The molecule has 2 aliphatic rings. The molecule has 0 saturated carbocycles. The Labute approximate surface area is 197 Å². The van der Waals surface area contributed by atoms with E-state index in [0.29, 0.717) is 53.0 Å². The molecule has 174 valence electrons. The summed E-state index contributed by atoms with van der Waals surface area (Å²) in [6.45, 7) is 3.41. The molecule has 1 fully saturated rings. The molecule has 1 amide bonds. The molecule has 34 heavy (non-hydrogen) atoms. The monoisotopic (exact) mass is 486 g/mol. The first-order valence-corrected chi connectivity index (χ1v) is 10.9. The molecule has 0 N–H and O–H groups in total. The Morgan fingerprint density at radius 2 is 1.82 bits per heavy atom. The van der Waals surface area contributed by atoms with Gasteiger partial charge in [-0.1, -0.05) is 23.7 Å². The van der Waals surface area contributed by atoms with Crippen molar-refractivity contribution in [2.24, 2.45) is 4.99 Å². The summed E-state index contributed by atoms with van der Waals surface area (Å²) in [7, 11) is 0. The summed E-state index contributed by atoms with van der Waals surface area (Å²) in [4.78, 5) is 33.5. The van der Waals surface area contributed by atoms with E-state index in [1.165, 1.54) is 18.3 Å². The van der Waals surface area contributed by atoms with Crippen LogP contribution in [0.15, 0.2) is 53.9 Å². The fourth-order valence-electron chi connectivity index (χ4n) is 4.24. The summed E-state index contributed by atoms with van der Waals surface area (Å²) < 4.78 is 39.1. The number of nitrogens with zero attached hydrogens (tertiary/aromatic N) is 6. The summed E-state index contributed by atoms with van der Waals surface area (Å²) in [6, 6.07) is 6.41. The van der Waals surface area contributed by atoms with E-state index < -0.39 is 17.3 Å². The Morgan fingerprint density at radius 3 is 2.47 bits per heavy atom. The van der Waals surface area contributed by atoms with Crippen LogP contribution in [0.3, 0.4) is 0 Å². The van der Waals surface area contributed by atoms with E-state index in [-0.39, 0.29) is 5.91 Å². The molecular weight excluding hydrogens is 469 g/mol. The van der Waals surface area contributed by atoms with Crippen LogP contribution in [0.25, 0.3) is 22.5 Å². The van der Waals surface area contributed by atoms with Crippen LogP contribution in [0.4, 0.5) is 19.0 Å². The fourth-order valence-corrected chi connectivity index (χ4v) is 4.45. The van der Waals surface area contributed by atoms with Crippen molar-refractivity contribution in [2.45, 2.75) is 18.6 Å². The maximum Gasteiger partial charge on any atom is 0.416 e. The van der Waals surface area contributed by atoms with E-state index in [1.807, 2.05) is 16.7 Å². The number of halogens is 4. The van der Waals surface area contributed by atoms with Crippen LogP contribution in [-0.4, -0.2) is 57.3 Å².